The first-order valence-electron chi connectivity index (χ1n) is 3.61. The number of hydrogen-bond acceptors (Lipinski definition) is 3. The van der Waals surface area contributed by atoms with Crippen LogP contribution in [0.2, 0.25) is 0 Å². The highest BCUT2D eigenvalue weighted by atomic mass is 32.2. The Balaban J connectivity index is 2.66. The molecular formula is C7H15NOS. The maximum absolute atomic E-state index is 5.28. The van der Waals surface area contributed by atoms with Crippen molar-refractivity contribution in [1.82, 2.24) is 4.31 Å². The van der Waals surface area contributed by atoms with Crippen molar-refractivity contribution < 1.29 is 4.18 Å². The molecule has 0 amide bonds. The van der Waals surface area contributed by atoms with Gasteiger partial charge in [0.25, 0.3) is 0 Å². The normalized spacial score (nSPS) is 35.7. The molecule has 1 fully saturated rings. The van der Waals surface area contributed by atoms with Gasteiger partial charge in [0.2, 0.25) is 0 Å². The maximum atomic E-state index is 5.28. The highest BCUT2D eigenvalue weighted by Crippen LogP contribution is 2.36. The minimum Gasteiger partial charge on any atom is -0.299 e. The quantitative estimate of drug-likeness (QED) is 0.430. The fraction of sp³-hybridized carbons (Fsp3) is 1.00. The number of rotatable bonds is 1. The molecule has 60 valence electrons. The summed E-state index contributed by atoms with van der Waals surface area (Å²) in [5.41, 5.74) is 0.227. The van der Waals surface area contributed by atoms with Crippen LogP contribution < -0.4 is 0 Å². The lowest BCUT2D eigenvalue weighted by Gasteiger charge is -2.32. The summed E-state index contributed by atoms with van der Waals surface area (Å²) >= 11 is 1.47. The first-order valence-corrected chi connectivity index (χ1v) is 4.30. The van der Waals surface area contributed by atoms with E-state index in [2.05, 4.69) is 32.1 Å². The molecule has 1 heterocycles. The van der Waals surface area contributed by atoms with Gasteiger partial charge in [-0.25, -0.2) is 4.31 Å². The van der Waals surface area contributed by atoms with Gasteiger partial charge in [-0.3, -0.25) is 4.18 Å². The summed E-state index contributed by atoms with van der Waals surface area (Å²) in [7, 11) is 2.08. The Morgan fingerprint density at radius 1 is 1.60 bits per heavy atom. The second-order valence-corrected chi connectivity index (χ2v) is 4.28. The highest BCUT2D eigenvalue weighted by molar-refractivity contribution is 7.92. The molecule has 0 aromatic rings. The number of hydrogen-bond donors (Lipinski definition) is 0. The van der Waals surface area contributed by atoms with Gasteiger partial charge in [0.15, 0.2) is 0 Å². The van der Waals surface area contributed by atoms with E-state index in [1.54, 1.807) is 0 Å². The van der Waals surface area contributed by atoms with Gasteiger partial charge < -0.3 is 0 Å². The lowest BCUT2D eigenvalue weighted by molar-refractivity contribution is 0.162. The van der Waals surface area contributed by atoms with Crippen LogP contribution >= 0.6 is 12.2 Å². The Kier molecular flexibility index (Phi) is 2.28. The largest absolute Gasteiger partial charge is 0.299 e. The molecule has 1 aliphatic rings. The van der Waals surface area contributed by atoms with E-state index < -0.39 is 0 Å². The standard InChI is InChI=1S/C7H15NOS/c1-6(2)7(3)5-9-10-8(7)4/h6H,5H2,1-4H3/t7-/m0/s1. The molecule has 0 unspecified atom stereocenters. The van der Waals surface area contributed by atoms with Crippen LogP contribution in [0.15, 0.2) is 0 Å². The first kappa shape index (κ1) is 8.37. The number of nitrogens with zero attached hydrogens (tertiary/aromatic N) is 1. The molecule has 0 spiro atoms. The third-order valence-electron chi connectivity index (χ3n) is 2.48. The predicted molar refractivity (Wildman–Crippen MR) is 44.5 cm³/mol. The Morgan fingerprint density at radius 2 is 2.20 bits per heavy atom. The maximum Gasteiger partial charge on any atom is 0.0823 e. The fourth-order valence-corrected chi connectivity index (χ4v) is 1.81. The van der Waals surface area contributed by atoms with E-state index in [-0.39, 0.29) is 5.54 Å². The van der Waals surface area contributed by atoms with E-state index in [0.29, 0.717) is 5.92 Å². The molecule has 0 saturated carbocycles. The minimum atomic E-state index is 0.227. The molecule has 3 heteroatoms. The monoisotopic (exact) mass is 161 g/mol. The SMILES string of the molecule is CC(C)[C@]1(C)COSN1C. The molecule has 0 bridgehead atoms. The van der Waals surface area contributed by atoms with Crippen LogP contribution in [-0.2, 0) is 4.18 Å². The Labute approximate surface area is 67.3 Å². The summed E-state index contributed by atoms with van der Waals surface area (Å²) in [6, 6.07) is 0. The van der Waals surface area contributed by atoms with Gasteiger partial charge in [0, 0.05) is 7.05 Å². The third kappa shape index (κ3) is 1.18. The molecule has 0 aliphatic carbocycles. The van der Waals surface area contributed by atoms with Crippen molar-refractivity contribution in [3.63, 3.8) is 0 Å². The van der Waals surface area contributed by atoms with Gasteiger partial charge in [0.05, 0.1) is 24.4 Å². The second kappa shape index (κ2) is 2.72. The van der Waals surface area contributed by atoms with E-state index in [1.165, 1.54) is 12.2 Å². The summed E-state index contributed by atoms with van der Waals surface area (Å²) < 4.78 is 7.47. The molecule has 2 nitrogen and oxygen atoms in total. The second-order valence-electron chi connectivity index (χ2n) is 3.35. The van der Waals surface area contributed by atoms with E-state index >= 15 is 0 Å². The van der Waals surface area contributed by atoms with Crippen molar-refractivity contribution >= 4 is 12.2 Å². The molecule has 0 radical (unpaired) electrons. The smallest absolute Gasteiger partial charge is 0.0823 e. The van der Waals surface area contributed by atoms with Gasteiger partial charge in [-0.2, -0.15) is 0 Å². The van der Waals surface area contributed by atoms with Gasteiger partial charge in [0.1, 0.15) is 0 Å². The summed E-state index contributed by atoms with van der Waals surface area (Å²) in [5, 5.41) is 0. The summed E-state index contributed by atoms with van der Waals surface area (Å²) in [4.78, 5) is 0. The van der Waals surface area contributed by atoms with Crippen molar-refractivity contribution in [3.05, 3.63) is 0 Å². The van der Waals surface area contributed by atoms with Crippen molar-refractivity contribution in [2.24, 2.45) is 5.92 Å². The summed E-state index contributed by atoms with van der Waals surface area (Å²) in [6.45, 7) is 7.53. The van der Waals surface area contributed by atoms with Crippen LogP contribution in [0, 0.1) is 5.92 Å². The number of likely N-dealkylation sites (N-methyl/N-ethyl adjacent to an activating group) is 1. The van der Waals surface area contributed by atoms with Crippen LogP contribution in [-0.4, -0.2) is 23.5 Å². The van der Waals surface area contributed by atoms with Crippen molar-refractivity contribution in [1.29, 1.82) is 0 Å². The predicted octanol–water partition coefficient (Wildman–Crippen LogP) is 1.93. The zero-order valence-corrected chi connectivity index (χ0v) is 7.86. The third-order valence-corrected chi connectivity index (χ3v) is 3.34. The first-order chi connectivity index (χ1) is 4.57. The van der Waals surface area contributed by atoms with Crippen LogP contribution in [0.3, 0.4) is 0 Å². The van der Waals surface area contributed by atoms with E-state index in [9.17, 15) is 0 Å². The molecular weight excluding hydrogens is 146 g/mol. The van der Waals surface area contributed by atoms with E-state index in [0.717, 1.165) is 6.61 Å². The van der Waals surface area contributed by atoms with Gasteiger partial charge in [-0.1, -0.05) is 13.8 Å². The lowest BCUT2D eigenvalue weighted by Crippen LogP contribution is -2.43. The highest BCUT2D eigenvalue weighted by Gasteiger charge is 2.39. The van der Waals surface area contributed by atoms with Crippen molar-refractivity contribution in [2.75, 3.05) is 13.7 Å². The minimum absolute atomic E-state index is 0.227. The lowest BCUT2D eigenvalue weighted by atomic mass is 9.90. The zero-order chi connectivity index (χ0) is 7.78. The van der Waals surface area contributed by atoms with Gasteiger partial charge in [-0.05, 0) is 12.8 Å². The van der Waals surface area contributed by atoms with Crippen molar-refractivity contribution in [2.45, 2.75) is 26.3 Å². The average molecular weight is 161 g/mol. The van der Waals surface area contributed by atoms with Crippen LogP contribution in [0.5, 0.6) is 0 Å². The van der Waals surface area contributed by atoms with Crippen LogP contribution in [0.1, 0.15) is 20.8 Å². The Bertz CT molecular complexity index is 129. The Hall–Kier alpha value is 0.270. The molecule has 10 heavy (non-hydrogen) atoms. The fourth-order valence-electron chi connectivity index (χ4n) is 0.931. The van der Waals surface area contributed by atoms with Gasteiger partial charge >= 0.3 is 0 Å². The average Bonchev–Trinajstić information content (AvgIpc) is 2.15. The van der Waals surface area contributed by atoms with Crippen molar-refractivity contribution in [3.8, 4) is 0 Å². The van der Waals surface area contributed by atoms with Crippen LogP contribution in [0.25, 0.3) is 0 Å². The van der Waals surface area contributed by atoms with E-state index in [1.807, 2.05) is 0 Å². The molecule has 1 atom stereocenters. The summed E-state index contributed by atoms with van der Waals surface area (Å²) in [5.74, 6) is 0.646. The van der Waals surface area contributed by atoms with Gasteiger partial charge in [-0.15, -0.1) is 0 Å². The Morgan fingerprint density at radius 3 is 2.40 bits per heavy atom. The molecule has 0 N–H and O–H groups in total. The molecule has 1 rings (SSSR count). The van der Waals surface area contributed by atoms with Crippen LogP contribution in [0.4, 0.5) is 0 Å². The molecule has 0 aromatic carbocycles. The summed E-state index contributed by atoms with van der Waals surface area (Å²) in [6.07, 6.45) is 0. The molecule has 0 aromatic heterocycles. The molecule has 1 saturated heterocycles. The van der Waals surface area contributed by atoms with E-state index in [4.69, 9.17) is 4.18 Å². The molecule has 1 aliphatic heterocycles. The zero-order valence-electron chi connectivity index (χ0n) is 7.05. The topological polar surface area (TPSA) is 12.5 Å².